The summed E-state index contributed by atoms with van der Waals surface area (Å²) in [5, 5.41) is 0.723. The van der Waals surface area contributed by atoms with Gasteiger partial charge in [0.25, 0.3) is 0 Å². The Kier molecular flexibility index (Phi) is 4.94. The zero-order chi connectivity index (χ0) is 14.5. The molecule has 0 unspecified atom stereocenters. The number of halogens is 1. The number of aryl methyl sites for hydroxylation is 1. The predicted octanol–water partition coefficient (Wildman–Crippen LogP) is 3.96. The van der Waals surface area contributed by atoms with Crippen molar-refractivity contribution in [2.45, 2.75) is 13.5 Å². The van der Waals surface area contributed by atoms with Crippen LogP contribution in [0.3, 0.4) is 0 Å². The van der Waals surface area contributed by atoms with Crippen molar-refractivity contribution in [1.29, 1.82) is 0 Å². The summed E-state index contributed by atoms with van der Waals surface area (Å²) in [6.07, 6.45) is 0. The highest BCUT2D eigenvalue weighted by molar-refractivity contribution is 6.30. The molecule has 3 heteroatoms. The SMILES string of the molecule is Cc1cccc(C(=O)CN(C)Cc2cccc(Cl)c2)c1. The Morgan fingerprint density at radius 1 is 1.15 bits per heavy atom. The Hall–Kier alpha value is -1.64. The zero-order valence-corrected chi connectivity index (χ0v) is 12.5. The first-order valence-corrected chi connectivity index (χ1v) is 6.95. The molecule has 2 rings (SSSR count). The van der Waals surface area contributed by atoms with Crippen LogP contribution in [-0.4, -0.2) is 24.3 Å². The highest BCUT2D eigenvalue weighted by atomic mass is 35.5. The van der Waals surface area contributed by atoms with E-state index in [1.165, 1.54) is 0 Å². The second-order valence-electron chi connectivity index (χ2n) is 5.09. The molecular formula is C17H18ClNO. The van der Waals surface area contributed by atoms with Gasteiger partial charge >= 0.3 is 0 Å². The topological polar surface area (TPSA) is 20.3 Å². The summed E-state index contributed by atoms with van der Waals surface area (Å²) in [5.74, 6) is 0.137. The van der Waals surface area contributed by atoms with Gasteiger partial charge in [0.1, 0.15) is 0 Å². The molecule has 0 aliphatic carbocycles. The van der Waals surface area contributed by atoms with Gasteiger partial charge in [-0.15, -0.1) is 0 Å². The summed E-state index contributed by atoms with van der Waals surface area (Å²) >= 11 is 5.96. The summed E-state index contributed by atoms with van der Waals surface area (Å²) in [6.45, 7) is 3.10. The van der Waals surface area contributed by atoms with Gasteiger partial charge in [-0.1, -0.05) is 47.5 Å². The third kappa shape index (κ3) is 4.19. The fourth-order valence-electron chi connectivity index (χ4n) is 2.16. The molecule has 2 aromatic rings. The highest BCUT2D eigenvalue weighted by Crippen LogP contribution is 2.12. The Labute approximate surface area is 125 Å². The van der Waals surface area contributed by atoms with Crippen LogP contribution in [0.25, 0.3) is 0 Å². The third-order valence-electron chi connectivity index (χ3n) is 3.10. The average molecular weight is 288 g/mol. The number of ketones is 1. The molecule has 104 valence electrons. The molecule has 0 fully saturated rings. The summed E-state index contributed by atoms with van der Waals surface area (Å²) in [4.78, 5) is 14.2. The Morgan fingerprint density at radius 3 is 2.60 bits per heavy atom. The molecule has 0 amide bonds. The summed E-state index contributed by atoms with van der Waals surface area (Å²) in [5.41, 5.74) is 2.98. The first-order valence-electron chi connectivity index (χ1n) is 6.57. The van der Waals surface area contributed by atoms with Crippen LogP contribution in [-0.2, 0) is 6.54 Å². The number of hydrogen-bond donors (Lipinski definition) is 0. The Balaban J connectivity index is 1.97. The third-order valence-corrected chi connectivity index (χ3v) is 3.33. The van der Waals surface area contributed by atoms with Gasteiger partial charge in [-0.2, -0.15) is 0 Å². The molecule has 0 saturated carbocycles. The maximum Gasteiger partial charge on any atom is 0.176 e. The van der Waals surface area contributed by atoms with E-state index in [0.29, 0.717) is 13.1 Å². The maximum atomic E-state index is 12.2. The van der Waals surface area contributed by atoms with E-state index < -0.39 is 0 Å². The standard InChI is InChI=1S/C17H18ClNO/c1-13-5-3-7-15(9-13)17(20)12-19(2)11-14-6-4-8-16(18)10-14/h3-10H,11-12H2,1-2H3. The number of carbonyl (C=O) groups excluding carboxylic acids is 1. The first-order chi connectivity index (χ1) is 9.54. The van der Waals surface area contributed by atoms with Crippen LogP contribution in [0.15, 0.2) is 48.5 Å². The second kappa shape index (κ2) is 6.69. The van der Waals surface area contributed by atoms with E-state index in [4.69, 9.17) is 11.6 Å². The van der Waals surface area contributed by atoms with Crippen molar-refractivity contribution in [2.75, 3.05) is 13.6 Å². The fourth-order valence-corrected chi connectivity index (χ4v) is 2.37. The molecule has 0 aliphatic heterocycles. The Bertz CT molecular complexity index is 609. The predicted molar refractivity (Wildman–Crippen MR) is 83.3 cm³/mol. The molecule has 0 atom stereocenters. The first kappa shape index (κ1) is 14.8. The van der Waals surface area contributed by atoms with E-state index >= 15 is 0 Å². The Morgan fingerprint density at radius 2 is 1.90 bits per heavy atom. The fraction of sp³-hybridized carbons (Fsp3) is 0.235. The number of benzene rings is 2. The van der Waals surface area contributed by atoms with Crippen molar-refractivity contribution >= 4 is 17.4 Å². The normalized spacial score (nSPS) is 10.8. The molecule has 2 nitrogen and oxygen atoms in total. The number of Topliss-reactive ketones (excluding diaryl/α,β-unsaturated/α-hetero) is 1. The van der Waals surface area contributed by atoms with Crippen molar-refractivity contribution in [2.24, 2.45) is 0 Å². The van der Waals surface area contributed by atoms with Crippen molar-refractivity contribution in [3.8, 4) is 0 Å². The molecule has 0 bridgehead atoms. The van der Waals surface area contributed by atoms with Crippen LogP contribution >= 0.6 is 11.6 Å². The van der Waals surface area contributed by atoms with Crippen LogP contribution < -0.4 is 0 Å². The zero-order valence-electron chi connectivity index (χ0n) is 11.8. The number of likely N-dealkylation sites (N-methyl/N-ethyl adjacent to an activating group) is 1. The molecule has 20 heavy (non-hydrogen) atoms. The largest absolute Gasteiger partial charge is 0.295 e. The second-order valence-corrected chi connectivity index (χ2v) is 5.53. The van der Waals surface area contributed by atoms with Gasteiger partial charge in [-0.3, -0.25) is 9.69 Å². The summed E-state index contributed by atoms with van der Waals surface area (Å²) < 4.78 is 0. The number of rotatable bonds is 5. The monoisotopic (exact) mass is 287 g/mol. The quantitative estimate of drug-likeness (QED) is 0.776. The van der Waals surface area contributed by atoms with Gasteiger partial charge in [0, 0.05) is 17.1 Å². The highest BCUT2D eigenvalue weighted by Gasteiger charge is 2.10. The van der Waals surface area contributed by atoms with Crippen molar-refractivity contribution in [3.05, 3.63) is 70.2 Å². The van der Waals surface area contributed by atoms with Crippen LogP contribution in [0, 0.1) is 6.92 Å². The van der Waals surface area contributed by atoms with E-state index in [-0.39, 0.29) is 5.78 Å². The van der Waals surface area contributed by atoms with Gasteiger partial charge < -0.3 is 0 Å². The minimum atomic E-state index is 0.137. The molecule has 0 spiro atoms. The van der Waals surface area contributed by atoms with Crippen LogP contribution in [0.2, 0.25) is 5.02 Å². The van der Waals surface area contributed by atoms with Gasteiger partial charge in [0.05, 0.1) is 6.54 Å². The van der Waals surface area contributed by atoms with E-state index in [9.17, 15) is 4.79 Å². The lowest BCUT2D eigenvalue weighted by molar-refractivity contribution is 0.0943. The summed E-state index contributed by atoms with van der Waals surface area (Å²) in [6, 6.07) is 15.4. The lowest BCUT2D eigenvalue weighted by atomic mass is 10.1. The van der Waals surface area contributed by atoms with E-state index in [1.807, 2.05) is 67.4 Å². The molecule has 0 N–H and O–H groups in total. The lowest BCUT2D eigenvalue weighted by Gasteiger charge is -2.16. The molecule has 0 aliphatic rings. The van der Waals surface area contributed by atoms with E-state index in [2.05, 4.69) is 0 Å². The van der Waals surface area contributed by atoms with Crippen LogP contribution in [0.1, 0.15) is 21.5 Å². The van der Waals surface area contributed by atoms with Crippen LogP contribution in [0.5, 0.6) is 0 Å². The molecule has 0 heterocycles. The van der Waals surface area contributed by atoms with Crippen molar-refractivity contribution in [1.82, 2.24) is 4.90 Å². The number of hydrogen-bond acceptors (Lipinski definition) is 2. The van der Waals surface area contributed by atoms with Gasteiger partial charge in [-0.25, -0.2) is 0 Å². The average Bonchev–Trinajstić information content (AvgIpc) is 2.38. The molecular weight excluding hydrogens is 270 g/mol. The minimum Gasteiger partial charge on any atom is -0.295 e. The van der Waals surface area contributed by atoms with E-state index in [0.717, 1.165) is 21.7 Å². The van der Waals surface area contributed by atoms with Gasteiger partial charge in [-0.05, 0) is 37.7 Å². The van der Waals surface area contributed by atoms with Gasteiger partial charge in [0.15, 0.2) is 5.78 Å². The lowest BCUT2D eigenvalue weighted by Crippen LogP contribution is -2.25. The van der Waals surface area contributed by atoms with Crippen molar-refractivity contribution < 1.29 is 4.79 Å². The minimum absolute atomic E-state index is 0.137. The maximum absolute atomic E-state index is 12.2. The van der Waals surface area contributed by atoms with Crippen molar-refractivity contribution in [3.63, 3.8) is 0 Å². The number of carbonyl (C=O) groups is 1. The molecule has 0 saturated heterocycles. The molecule has 2 aromatic carbocycles. The number of nitrogens with zero attached hydrogens (tertiary/aromatic N) is 1. The molecule has 0 radical (unpaired) electrons. The molecule has 0 aromatic heterocycles. The smallest absolute Gasteiger partial charge is 0.176 e. The summed E-state index contributed by atoms with van der Waals surface area (Å²) in [7, 11) is 1.94. The van der Waals surface area contributed by atoms with E-state index in [1.54, 1.807) is 0 Å². The van der Waals surface area contributed by atoms with Crippen LogP contribution in [0.4, 0.5) is 0 Å². The van der Waals surface area contributed by atoms with Gasteiger partial charge in [0.2, 0.25) is 0 Å².